The number of benzene rings is 3. The van der Waals surface area contributed by atoms with Crippen molar-refractivity contribution in [3.63, 3.8) is 0 Å². The Morgan fingerprint density at radius 3 is 2.31 bits per heavy atom. The Kier molecular flexibility index (Phi) is 6.96. The second-order valence-electron chi connectivity index (χ2n) is 8.98. The van der Waals surface area contributed by atoms with Crippen molar-refractivity contribution in [2.24, 2.45) is 0 Å². The number of hydrogen-bond acceptors (Lipinski definition) is 2. The van der Waals surface area contributed by atoms with Crippen molar-refractivity contribution in [3.8, 4) is 17.0 Å². The molecular weight excluding hydrogens is 392 g/mol. The topological polar surface area (TPSA) is 48.0 Å². The number of aromatic nitrogens is 1. The molecule has 3 aromatic carbocycles. The van der Waals surface area contributed by atoms with E-state index < -0.39 is 0 Å². The highest BCUT2D eigenvalue weighted by molar-refractivity contribution is 5.91. The van der Waals surface area contributed by atoms with Crippen molar-refractivity contribution in [1.29, 1.82) is 0 Å². The lowest BCUT2D eigenvalue weighted by atomic mass is 9.95. The van der Waals surface area contributed by atoms with Gasteiger partial charge in [0.15, 0.2) is 0 Å². The first-order valence-electron chi connectivity index (χ1n) is 11.7. The van der Waals surface area contributed by atoms with Gasteiger partial charge in [-0.25, -0.2) is 0 Å². The van der Waals surface area contributed by atoms with E-state index in [2.05, 4.69) is 73.7 Å². The van der Waals surface area contributed by atoms with Crippen LogP contribution in [0, 0.1) is 13.8 Å². The minimum Gasteiger partial charge on any atom is -0.508 e. The molecule has 1 atom stereocenters. The minimum atomic E-state index is 0.334. The van der Waals surface area contributed by atoms with Gasteiger partial charge < -0.3 is 15.4 Å². The molecule has 0 fully saturated rings. The molecule has 3 nitrogen and oxygen atoms in total. The molecule has 166 valence electrons. The number of rotatable bonds is 9. The van der Waals surface area contributed by atoms with Crippen LogP contribution in [0.15, 0.2) is 66.7 Å². The van der Waals surface area contributed by atoms with Gasteiger partial charge in [-0.3, -0.25) is 0 Å². The number of phenolic OH excluding ortho intramolecular Hbond substituents is 1. The number of phenols is 1. The van der Waals surface area contributed by atoms with Crippen LogP contribution in [0.4, 0.5) is 0 Å². The zero-order chi connectivity index (χ0) is 22.5. The summed E-state index contributed by atoms with van der Waals surface area (Å²) in [5.74, 6) is 0.334. The molecule has 32 heavy (non-hydrogen) atoms. The Morgan fingerprint density at radius 1 is 0.875 bits per heavy atom. The Bertz CT molecular complexity index is 1150. The molecule has 0 aliphatic rings. The summed E-state index contributed by atoms with van der Waals surface area (Å²) in [5.41, 5.74) is 9.05. The van der Waals surface area contributed by atoms with Gasteiger partial charge in [0, 0.05) is 22.6 Å². The lowest BCUT2D eigenvalue weighted by Gasteiger charge is -2.17. The standard InChI is InChI=1S/C29H34N2O/c1-20-17-21(2)19-23(18-20)29-27(26-9-4-5-10-28(26)31-29)16-13-24(30-3)8-6-7-22-11-14-25(32)15-12-22/h4-5,9-12,14-15,17-19,24,30-32H,6-8,13,16H2,1-3H3. The summed E-state index contributed by atoms with van der Waals surface area (Å²) in [7, 11) is 2.07. The highest BCUT2D eigenvalue weighted by Gasteiger charge is 2.15. The third kappa shape index (κ3) is 5.23. The molecule has 0 radical (unpaired) electrons. The fourth-order valence-corrected chi connectivity index (χ4v) is 4.79. The van der Waals surface area contributed by atoms with Gasteiger partial charge in [0.25, 0.3) is 0 Å². The summed E-state index contributed by atoms with van der Waals surface area (Å²) in [5, 5.41) is 14.3. The van der Waals surface area contributed by atoms with E-state index in [1.54, 1.807) is 12.1 Å². The maximum Gasteiger partial charge on any atom is 0.115 e. The Hall–Kier alpha value is -3.04. The number of fused-ring (bicyclic) bond motifs is 1. The summed E-state index contributed by atoms with van der Waals surface area (Å²) in [4.78, 5) is 3.71. The predicted octanol–water partition coefficient (Wildman–Crippen LogP) is 6.70. The number of H-pyrrole nitrogens is 1. The summed E-state index contributed by atoms with van der Waals surface area (Å²) in [6, 6.07) is 23.5. The van der Waals surface area contributed by atoms with Crippen LogP contribution in [-0.2, 0) is 12.8 Å². The SMILES string of the molecule is CNC(CCCc1ccc(O)cc1)CCc1c(-c2cc(C)cc(C)c2)[nH]c2ccccc12. The Morgan fingerprint density at radius 2 is 1.59 bits per heavy atom. The van der Waals surface area contributed by atoms with Crippen molar-refractivity contribution in [3.05, 3.63) is 89.0 Å². The molecule has 0 saturated carbocycles. The fourth-order valence-electron chi connectivity index (χ4n) is 4.79. The molecule has 0 amide bonds. The molecule has 0 spiro atoms. The van der Waals surface area contributed by atoms with Gasteiger partial charge in [-0.1, -0.05) is 47.5 Å². The number of aromatic amines is 1. The summed E-state index contributed by atoms with van der Waals surface area (Å²) in [6.07, 6.45) is 5.45. The van der Waals surface area contributed by atoms with Crippen LogP contribution in [0.5, 0.6) is 5.75 Å². The smallest absolute Gasteiger partial charge is 0.115 e. The van der Waals surface area contributed by atoms with E-state index in [0.29, 0.717) is 11.8 Å². The van der Waals surface area contributed by atoms with Crippen LogP contribution in [0.2, 0.25) is 0 Å². The van der Waals surface area contributed by atoms with E-state index in [0.717, 1.165) is 32.1 Å². The first-order chi connectivity index (χ1) is 15.5. The number of para-hydroxylation sites is 1. The van der Waals surface area contributed by atoms with Crippen LogP contribution in [0.1, 0.15) is 41.5 Å². The van der Waals surface area contributed by atoms with Crippen LogP contribution < -0.4 is 5.32 Å². The maximum atomic E-state index is 9.47. The summed E-state index contributed by atoms with van der Waals surface area (Å²) >= 11 is 0. The van der Waals surface area contributed by atoms with E-state index in [4.69, 9.17) is 0 Å². The number of aryl methyl sites for hydroxylation is 4. The van der Waals surface area contributed by atoms with E-state index in [1.807, 2.05) is 12.1 Å². The monoisotopic (exact) mass is 426 g/mol. The van der Waals surface area contributed by atoms with Crippen LogP contribution in [0.25, 0.3) is 22.2 Å². The third-order valence-corrected chi connectivity index (χ3v) is 6.43. The van der Waals surface area contributed by atoms with Gasteiger partial charge in [-0.2, -0.15) is 0 Å². The lowest BCUT2D eigenvalue weighted by molar-refractivity contribution is 0.472. The average molecular weight is 427 g/mol. The van der Waals surface area contributed by atoms with Crippen LogP contribution >= 0.6 is 0 Å². The molecule has 0 bridgehead atoms. The quantitative estimate of drug-likeness (QED) is 0.279. The largest absolute Gasteiger partial charge is 0.508 e. The molecule has 4 rings (SSSR count). The van der Waals surface area contributed by atoms with Gasteiger partial charge in [-0.15, -0.1) is 0 Å². The molecule has 1 unspecified atom stereocenters. The molecule has 3 N–H and O–H groups in total. The highest BCUT2D eigenvalue weighted by atomic mass is 16.3. The molecule has 0 aliphatic carbocycles. The fraction of sp³-hybridized carbons (Fsp3) is 0.310. The second kappa shape index (κ2) is 10.1. The summed E-state index contributed by atoms with van der Waals surface area (Å²) in [6.45, 7) is 4.34. The van der Waals surface area contributed by atoms with E-state index in [9.17, 15) is 5.11 Å². The maximum absolute atomic E-state index is 9.47. The van der Waals surface area contributed by atoms with Crippen molar-refractivity contribution in [2.45, 2.75) is 52.0 Å². The molecule has 0 aliphatic heterocycles. The molecule has 0 saturated heterocycles. The average Bonchev–Trinajstić information content (AvgIpc) is 3.15. The summed E-state index contributed by atoms with van der Waals surface area (Å²) < 4.78 is 0. The molecule has 1 heterocycles. The molecular formula is C29H34N2O. The van der Waals surface area contributed by atoms with Crippen LogP contribution in [-0.4, -0.2) is 23.2 Å². The number of hydrogen-bond donors (Lipinski definition) is 3. The first kappa shape index (κ1) is 22.2. The third-order valence-electron chi connectivity index (χ3n) is 6.43. The zero-order valence-corrected chi connectivity index (χ0v) is 19.4. The highest BCUT2D eigenvalue weighted by Crippen LogP contribution is 2.33. The second-order valence-corrected chi connectivity index (χ2v) is 8.98. The van der Waals surface area contributed by atoms with Crippen molar-refractivity contribution in [2.75, 3.05) is 7.05 Å². The zero-order valence-electron chi connectivity index (χ0n) is 19.4. The molecule has 1 aromatic heterocycles. The predicted molar refractivity (Wildman–Crippen MR) is 135 cm³/mol. The van der Waals surface area contributed by atoms with Crippen LogP contribution in [0.3, 0.4) is 0 Å². The van der Waals surface area contributed by atoms with Crippen molar-refractivity contribution < 1.29 is 5.11 Å². The Labute approximate surface area is 191 Å². The first-order valence-corrected chi connectivity index (χ1v) is 11.7. The van der Waals surface area contributed by atoms with Gasteiger partial charge in [0.05, 0.1) is 0 Å². The van der Waals surface area contributed by atoms with E-state index in [1.165, 1.54) is 44.4 Å². The van der Waals surface area contributed by atoms with Gasteiger partial charge in [0.1, 0.15) is 5.75 Å². The molecule has 4 aromatic rings. The van der Waals surface area contributed by atoms with Gasteiger partial charge in [0.2, 0.25) is 0 Å². The number of nitrogens with one attached hydrogen (secondary N) is 2. The van der Waals surface area contributed by atoms with Crippen molar-refractivity contribution in [1.82, 2.24) is 10.3 Å². The minimum absolute atomic E-state index is 0.334. The normalized spacial score (nSPS) is 12.3. The van der Waals surface area contributed by atoms with Gasteiger partial charge in [-0.05, 0) is 100 Å². The molecule has 3 heteroatoms. The lowest BCUT2D eigenvalue weighted by Crippen LogP contribution is -2.25. The van der Waals surface area contributed by atoms with E-state index in [-0.39, 0.29) is 0 Å². The van der Waals surface area contributed by atoms with Crippen molar-refractivity contribution >= 4 is 10.9 Å². The number of aromatic hydroxyl groups is 1. The van der Waals surface area contributed by atoms with E-state index >= 15 is 0 Å². The Balaban J connectivity index is 1.49. The van der Waals surface area contributed by atoms with Gasteiger partial charge >= 0.3 is 0 Å².